The van der Waals surface area contributed by atoms with Crippen LogP contribution >= 0.6 is 11.8 Å². The lowest BCUT2D eigenvalue weighted by Crippen LogP contribution is -2.34. The SMILES string of the molecule is Cc1cccc(NC(=O)CSc2ncc3c(n2)-c2ccccc2N(Cc2cccc(F)c2)S3(=O)=O)c1C. The van der Waals surface area contributed by atoms with Crippen LogP contribution in [-0.4, -0.2) is 30.0 Å². The number of halogens is 1. The minimum Gasteiger partial charge on any atom is -0.325 e. The number of hydrogen-bond acceptors (Lipinski definition) is 6. The average Bonchev–Trinajstić information content (AvgIpc) is 2.88. The average molecular weight is 535 g/mol. The molecular weight excluding hydrogens is 511 g/mol. The van der Waals surface area contributed by atoms with Crippen LogP contribution in [-0.2, 0) is 21.4 Å². The summed E-state index contributed by atoms with van der Waals surface area (Å²) in [6.07, 6.45) is 1.27. The molecule has 1 aliphatic heterocycles. The minimum absolute atomic E-state index is 0.0354. The highest BCUT2D eigenvalue weighted by Crippen LogP contribution is 2.42. The van der Waals surface area contributed by atoms with Crippen molar-refractivity contribution in [3.8, 4) is 11.3 Å². The molecule has 1 amide bonds. The van der Waals surface area contributed by atoms with E-state index in [1.165, 1.54) is 22.6 Å². The zero-order valence-electron chi connectivity index (χ0n) is 20.1. The number of carbonyl (C=O) groups is 1. The Hall–Kier alpha value is -3.76. The van der Waals surface area contributed by atoms with Crippen LogP contribution in [0.2, 0.25) is 0 Å². The zero-order chi connectivity index (χ0) is 26.2. The first-order valence-electron chi connectivity index (χ1n) is 11.5. The first kappa shape index (κ1) is 24.9. The van der Waals surface area contributed by atoms with Gasteiger partial charge in [0.1, 0.15) is 10.7 Å². The summed E-state index contributed by atoms with van der Waals surface area (Å²) in [5.74, 6) is -0.590. The van der Waals surface area contributed by atoms with E-state index in [9.17, 15) is 17.6 Å². The van der Waals surface area contributed by atoms with Crippen molar-refractivity contribution in [1.82, 2.24) is 9.97 Å². The van der Waals surface area contributed by atoms with Crippen molar-refractivity contribution in [2.24, 2.45) is 0 Å². The van der Waals surface area contributed by atoms with Crippen LogP contribution in [0.25, 0.3) is 11.3 Å². The van der Waals surface area contributed by atoms with Crippen LogP contribution in [0, 0.1) is 19.7 Å². The lowest BCUT2D eigenvalue weighted by Gasteiger charge is -2.31. The molecule has 4 aromatic rings. The van der Waals surface area contributed by atoms with Crippen molar-refractivity contribution >= 4 is 39.1 Å². The number of nitrogens with zero attached hydrogens (tertiary/aromatic N) is 3. The van der Waals surface area contributed by atoms with Gasteiger partial charge in [-0.3, -0.25) is 9.10 Å². The van der Waals surface area contributed by atoms with E-state index < -0.39 is 15.8 Å². The van der Waals surface area contributed by atoms with Crippen LogP contribution in [0.3, 0.4) is 0 Å². The van der Waals surface area contributed by atoms with Gasteiger partial charge in [0.05, 0.1) is 29.9 Å². The van der Waals surface area contributed by atoms with Crippen molar-refractivity contribution in [3.05, 3.63) is 95.4 Å². The maximum atomic E-state index is 13.8. The molecule has 188 valence electrons. The molecule has 3 aromatic carbocycles. The highest BCUT2D eigenvalue weighted by Gasteiger charge is 2.36. The van der Waals surface area contributed by atoms with Crippen LogP contribution in [0.4, 0.5) is 15.8 Å². The largest absolute Gasteiger partial charge is 0.325 e. The van der Waals surface area contributed by atoms with Gasteiger partial charge in [-0.15, -0.1) is 0 Å². The summed E-state index contributed by atoms with van der Waals surface area (Å²) >= 11 is 1.13. The molecular formula is C27H23FN4O3S2. The van der Waals surface area contributed by atoms with Gasteiger partial charge in [-0.05, 0) is 54.8 Å². The molecule has 0 spiro atoms. The summed E-state index contributed by atoms with van der Waals surface area (Å²) in [5, 5.41) is 3.19. The Kier molecular flexibility index (Phi) is 6.70. The lowest BCUT2D eigenvalue weighted by molar-refractivity contribution is -0.113. The van der Waals surface area contributed by atoms with Gasteiger partial charge in [0, 0.05) is 11.3 Å². The Morgan fingerprint density at radius 3 is 2.65 bits per heavy atom. The fourth-order valence-electron chi connectivity index (χ4n) is 4.12. The number of nitrogens with one attached hydrogen (secondary N) is 1. The van der Waals surface area contributed by atoms with Crippen molar-refractivity contribution in [3.63, 3.8) is 0 Å². The van der Waals surface area contributed by atoms with Gasteiger partial charge < -0.3 is 5.32 Å². The van der Waals surface area contributed by atoms with Crippen LogP contribution < -0.4 is 9.62 Å². The fourth-order valence-corrected chi connectivity index (χ4v) is 6.30. The smallest absolute Gasteiger partial charge is 0.268 e. The molecule has 0 fully saturated rings. The molecule has 2 heterocycles. The molecule has 0 bridgehead atoms. The van der Waals surface area contributed by atoms with E-state index >= 15 is 0 Å². The van der Waals surface area contributed by atoms with E-state index in [1.54, 1.807) is 36.4 Å². The molecule has 0 saturated heterocycles. The molecule has 0 atom stereocenters. The number of sulfonamides is 1. The first-order chi connectivity index (χ1) is 17.7. The Morgan fingerprint density at radius 1 is 1.05 bits per heavy atom. The summed E-state index contributed by atoms with van der Waals surface area (Å²) in [4.78, 5) is 21.3. The number of benzene rings is 3. The molecule has 0 saturated carbocycles. The van der Waals surface area contributed by atoms with Crippen molar-refractivity contribution < 1.29 is 17.6 Å². The third kappa shape index (κ3) is 4.94. The third-order valence-electron chi connectivity index (χ3n) is 6.16. The molecule has 1 aliphatic rings. The summed E-state index contributed by atoms with van der Waals surface area (Å²) < 4.78 is 42.2. The predicted molar refractivity (Wildman–Crippen MR) is 143 cm³/mol. The Labute approximate surface area is 218 Å². The summed E-state index contributed by atoms with van der Waals surface area (Å²) in [6, 6.07) is 18.6. The topological polar surface area (TPSA) is 92.3 Å². The first-order valence-corrected chi connectivity index (χ1v) is 13.9. The molecule has 10 heteroatoms. The molecule has 5 rings (SSSR count). The van der Waals surface area contributed by atoms with Gasteiger partial charge in [0.15, 0.2) is 5.16 Å². The number of fused-ring (bicyclic) bond motifs is 3. The van der Waals surface area contributed by atoms with E-state index in [4.69, 9.17) is 0 Å². The number of aromatic nitrogens is 2. The maximum absolute atomic E-state index is 13.8. The molecule has 0 aliphatic carbocycles. The Balaban J connectivity index is 1.41. The number of para-hydroxylation sites is 1. The number of aryl methyl sites for hydroxylation is 1. The van der Waals surface area contributed by atoms with Gasteiger partial charge in [-0.2, -0.15) is 0 Å². The predicted octanol–water partition coefficient (Wildman–Crippen LogP) is 5.34. The van der Waals surface area contributed by atoms with Crippen molar-refractivity contribution in [2.45, 2.75) is 30.4 Å². The quantitative estimate of drug-likeness (QED) is 0.265. The minimum atomic E-state index is -4.01. The van der Waals surface area contributed by atoms with E-state index in [0.717, 1.165) is 28.6 Å². The van der Waals surface area contributed by atoms with E-state index in [0.29, 0.717) is 22.0 Å². The molecule has 0 unspecified atom stereocenters. The second kappa shape index (κ2) is 9.95. The number of rotatable bonds is 6. The van der Waals surface area contributed by atoms with E-state index in [1.807, 2.05) is 32.0 Å². The lowest BCUT2D eigenvalue weighted by atomic mass is 10.1. The summed E-state index contributed by atoms with van der Waals surface area (Å²) in [5.41, 5.74) is 4.68. The molecule has 1 aromatic heterocycles. The van der Waals surface area contributed by atoms with Gasteiger partial charge >= 0.3 is 0 Å². The highest BCUT2D eigenvalue weighted by molar-refractivity contribution is 7.99. The fraction of sp³-hybridized carbons (Fsp3) is 0.148. The number of hydrogen-bond donors (Lipinski definition) is 1. The number of carbonyl (C=O) groups excluding carboxylic acids is 1. The summed E-state index contributed by atoms with van der Waals surface area (Å²) in [7, 11) is -4.01. The van der Waals surface area contributed by atoms with Gasteiger partial charge in [-0.25, -0.2) is 22.8 Å². The summed E-state index contributed by atoms with van der Waals surface area (Å²) in [6.45, 7) is 3.89. The van der Waals surface area contributed by atoms with Crippen LogP contribution in [0.1, 0.15) is 16.7 Å². The normalized spacial score (nSPS) is 13.5. The number of amides is 1. The molecule has 0 radical (unpaired) electrons. The number of thioether (sulfide) groups is 1. The molecule has 1 N–H and O–H groups in total. The van der Waals surface area contributed by atoms with Crippen LogP contribution in [0.15, 0.2) is 83.0 Å². The van der Waals surface area contributed by atoms with Crippen molar-refractivity contribution in [1.29, 1.82) is 0 Å². The zero-order valence-corrected chi connectivity index (χ0v) is 21.7. The highest BCUT2D eigenvalue weighted by atomic mass is 32.2. The van der Waals surface area contributed by atoms with Crippen molar-refractivity contribution in [2.75, 3.05) is 15.4 Å². The second-order valence-electron chi connectivity index (χ2n) is 8.61. The standard InChI is InChI=1S/C27H23FN4O3S2/c1-17-7-5-11-22(18(17)2)30-25(33)16-36-27-29-14-24-26(31-27)21-10-3-4-12-23(21)32(37(24,34)35)15-19-8-6-9-20(28)13-19/h3-14H,15-16H2,1-2H3,(H,30,33). The van der Waals surface area contributed by atoms with Gasteiger partial charge in [0.25, 0.3) is 10.0 Å². The second-order valence-corrected chi connectivity index (χ2v) is 11.4. The molecule has 7 nitrogen and oxygen atoms in total. The Morgan fingerprint density at radius 2 is 1.84 bits per heavy atom. The Bertz CT molecular complexity index is 1630. The number of anilines is 2. The monoisotopic (exact) mass is 534 g/mol. The van der Waals surface area contributed by atoms with E-state index in [2.05, 4.69) is 15.3 Å². The molecule has 37 heavy (non-hydrogen) atoms. The maximum Gasteiger partial charge on any atom is 0.268 e. The van der Waals surface area contributed by atoms with Gasteiger partial charge in [-0.1, -0.05) is 54.2 Å². The van der Waals surface area contributed by atoms with Gasteiger partial charge in [0.2, 0.25) is 5.91 Å². The third-order valence-corrected chi connectivity index (χ3v) is 8.78. The van der Waals surface area contributed by atoms with E-state index in [-0.39, 0.29) is 28.8 Å². The van der Waals surface area contributed by atoms with Crippen LogP contribution in [0.5, 0.6) is 0 Å².